The Bertz CT molecular complexity index is 492. The summed E-state index contributed by atoms with van der Waals surface area (Å²) in [6.07, 6.45) is -0.156. The number of β-amino-alcohol motifs (C(OH)–C–C–N with tert-alkyl or cyclic N) is 1. The fraction of sp³-hybridized carbons (Fsp3) is 0.429. The lowest BCUT2D eigenvalue weighted by molar-refractivity contribution is -0.138. The Morgan fingerprint density at radius 2 is 2.00 bits per heavy atom. The number of amides is 2. The van der Waals surface area contributed by atoms with Crippen molar-refractivity contribution >= 4 is 11.8 Å². The van der Waals surface area contributed by atoms with E-state index in [0.29, 0.717) is 6.42 Å². The Kier molecular flexibility index (Phi) is 4.36. The number of carbonyl (C=O) groups is 2. The van der Waals surface area contributed by atoms with Crippen LogP contribution in [0.1, 0.15) is 12.0 Å². The van der Waals surface area contributed by atoms with Crippen LogP contribution < -0.4 is 11.5 Å². The first-order valence-electron chi connectivity index (χ1n) is 6.56. The van der Waals surface area contributed by atoms with Crippen LogP contribution in [0.25, 0.3) is 0 Å². The van der Waals surface area contributed by atoms with Crippen molar-refractivity contribution in [3.8, 4) is 0 Å². The summed E-state index contributed by atoms with van der Waals surface area (Å²) in [7, 11) is 0. The first-order chi connectivity index (χ1) is 9.49. The maximum atomic E-state index is 12.3. The number of aliphatic hydroxyl groups is 1. The second-order valence-corrected chi connectivity index (χ2v) is 5.09. The number of benzene rings is 1. The molecule has 5 N–H and O–H groups in total. The molecule has 6 nitrogen and oxygen atoms in total. The number of primary amides is 1. The smallest absolute Gasteiger partial charge is 0.240 e. The van der Waals surface area contributed by atoms with Gasteiger partial charge in [0.05, 0.1) is 12.1 Å². The summed E-state index contributed by atoms with van der Waals surface area (Å²) < 4.78 is 0. The monoisotopic (exact) mass is 277 g/mol. The highest BCUT2D eigenvalue weighted by Crippen LogP contribution is 2.19. The minimum absolute atomic E-state index is 0.106. The van der Waals surface area contributed by atoms with E-state index in [1.165, 1.54) is 4.90 Å². The van der Waals surface area contributed by atoms with E-state index < -0.39 is 24.1 Å². The van der Waals surface area contributed by atoms with E-state index in [1.807, 2.05) is 30.3 Å². The minimum Gasteiger partial charge on any atom is -0.391 e. The number of hydrogen-bond acceptors (Lipinski definition) is 4. The van der Waals surface area contributed by atoms with Gasteiger partial charge in [0.2, 0.25) is 11.8 Å². The van der Waals surface area contributed by atoms with Crippen molar-refractivity contribution in [2.75, 3.05) is 6.54 Å². The highest BCUT2D eigenvalue weighted by atomic mass is 16.3. The number of nitrogens with zero attached hydrogens (tertiary/aromatic N) is 1. The SMILES string of the molecule is NC(=O)C1CC(O)CN1C(=O)[C@H](N)Cc1ccccc1. The highest BCUT2D eigenvalue weighted by Gasteiger charge is 2.39. The average molecular weight is 277 g/mol. The number of hydrogen-bond donors (Lipinski definition) is 3. The van der Waals surface area contributed by atoms with Crippen LogP contribution in [0.3, 0.4) is 0 Å². The quantitative estimate of drug-likeness (QED) is 0.656. The molecular weight excluding hydrogens is 258 g/mol. The van der Waals surface area contributed by atoms with Gasteiger partial charge in [-0.2, -0.15) is 0 Å². The Balaban J connectivity index is 2.04. The molecule has 2 amide bonds. The predicted molar refractivity (Wildman–Crippen MR) is 73.4 cm³/mol. The number of aliphatic hydroxyl groups excluding tert-OH is 1. The van der Waals surface area contributed by atoms with Gasteiger partial charge in [0.1, 0.15) is 6.04 Å². The van der Waals surface area contributed by atoms with Crippen molar-refractivity contribution in [1.82, 2.24) is 4.90 Å². The fourth-order valence-electron chi connectivity index (χ4n) is 2.50. The summed E-state index contributed by atoms with van der Waals surface area (Å²) in [5, 5.41) is 9.60. The molecular formula is C14H19N3O3. The molecule has 2 rings (SSSR count). The van der Waals surface area contributed by atoms with Crippen LogP contribution in [0.2, 0.25) is 0 Å². The zero-order valence-corrected chi connectivity index (χ0v) is 11.1. The van der Waals surface area contributed by atoms with Crippen molar-refractivity contribution in [3.05, 3.63) is 35.9 Å². The van der Waals surface area contributed by atoms with E-state index in [-0.39, 0.29) is 18.9 Å². The first-order valence-corrected chi connectivity index (χ1v) is 6.56. The van der Waals surface area contributed by atoms with Gasteiger partial charge in [-0.3, -0.25) is 9.59 Å². The number of carbonyl (C=O) groups excluding carboxylic acids is 2. The molecule has 0 bridgehead atoms. The molecule has 0 saturated carbocycles. The van der Waals surface area contributed by atoms with Crippen LogP contribution in [-0.4, -0.2) is 46.6 Å². The average Bonchev–Trinajstić information content (AvgIpc) is 2.81. The van der Waals surface area contributed by atoms with Gasteiger partial charge in [0.25, 0.3) is 0 Å². The van der Waals surface area contributed by atoms with E-state index in [2.05, 4.69) is 0 Å². The molecule has 20 heavy (non-hydrogen) atoms. The van der Waals surface area contributed by atoms with Gasteiger partial charge in [0, 0.05) is 13.0 Å². The number of nitrogens with two attached hydrogens (primary N) is 2. The normalized spacial score (nSPS) is 23.6. The summed E-state index contributed by atoms with van der Waals surface area (Å²) >= 11 is 0. The molecule has 1 heterocycles. The number of rotatable bonds is 4. The van der Waals surface area contributed by atoms with Gasteiger partial charge in [-0.1, -0.05) is 30.3 Å². The minimum atomic E-state index is -0.765. The maximum Gasteiger partial charge on any atom is 0.240 e. The lowest BCUT2D eigenvalue weighted by Gasteiger charge is -2.25. The molecule has 1 fully saturated rings. The number of likely N-dealkylation sites (tertiary alicyclic amines) is 1. The van der Waals surface area contributed by atoms with Gasteiger partial charge < -0.3 is 21.5 Å². The lowest BCUT2D eigenvalue weighted by Crippen LogP contribution is -2.50. The summed E-state index contributed by atoms with van der Waals surface area (Å²) in [5.41, 5.74) is 12.1. The van der Waals surface area contributed by atoms with Gasteiger partial charge >= 0.3 is 0 Å². The van der Waals surface area contributed by atoms with Crippen LogP contribution in [0.5, 0.6) is 0 Å². The van der Waals surface area contributed by atoms with Gasteiger partial charge in [0.15, 0.2) is 0 Å². The van der Waals surface area contributed by atoms with E-state index in [1.54, 1.807) is 0 Å². The Morgan fingerprint density at radius 3 is 2.60 bits per heavy atom. The summed E-state index contributed by atoms with van der Waals surface area (Å²) in [6.45, 7) is 0.106. The van der Waals surface area contributed by atoms with Crippen molar-refractivity contribution in [2.24, 2.45) is 11.5 Å². The van der Waals surface area contributed by atoms with Crippen LogP contribution in [0.15, 0.2) is 30.3 Å². The van der Waals surface area contributed by atoms with E-state index in [4.69, 9.17) is 11.5 Å². The lowest BCUT2D eigenvalue weighted by atomic mass is 10.1. The fourth-order valence-corrected chi connectivity index (χ4v) is 2.50. The second kappa shape index (κ2) is 6.02. The summed E-state index contributed by atoms with van der Waals surface area (Å²) in [5.74, 6) is -0.962. The van der Waals surface area contributed by atoms with E-state index in [0.717, 1.165) is 5.56 Å². The standard InChI is InChI=1S/C14H19N3O3/c15-11(6-9-4-2-1-3-5-9)14(20)17-8-10(18)7-12(17)13(16)19/h1-5,10-12,18H,6-8,15H2,(H2,16,19)/t10?,11-,12?/m1/s1. The molecule has 0 spiro atoms. The second-order valence-electron chi connectivity index (χ2n) is 5.09. The van der Waals surface area contributed by atoms with Crippen LogP contribution >= 0.6 is 0 Å². The molecule has 2 unspecified atom stereocenters. The molecule has 1 aliphatic rings. The molecule has 0 aromatic heterocycles. The summed E-state index contributed by atoms with van der Waals surface area (Å²) in [6, 6.07) is 7.90. The van der Waals surface area contributed by atoms with Crippen molar-refractivity contribution in [1.29, 1.82) is 0 Å². The molecule has 108 valence electrons. The molecule has 1 aromatic carbocycles. The maximum absolute atomic E-state index is 12.3. The Hall–Kier alpha value is -1.92. The van der Waals surface area contributed by atoms with E-state index in [9.17, 15) is 14.7 Å². The molecule has 0 radical (unpaired) electrons. The van der Waals surface area contributed by atoms with E-state index >= 15 is 0 Å². The third kappa shape index (κ3) is 3.15. The zero-order chi connectivity index (χ0) is 14.7. The predicted octanol–water partition coefficient (Wildman–Crippen LogP) is -0.996. The Morgan fingerprint density at radius 1 is 1.35 bits per heavy atom. The zero-order valence-electron chi connectivity index (χ0n) is 11.1. The highest BCUT2D eigenvalue weighted by molar-refractivity contribution is 5.89. The first kappa shape index (κ1) is 14.5. The van der Waals surface area contributed by atoms with Crippen molar-refractivity contribution in [3.63, 3.8) is 0 Å². The third-order valence-electron chi connectivity index (χ3n) is 3.51. The van der Waals surface area contributed by atoms with Crippen LogP contribution in [0, 0.1) is 0 Å². The molecule has 1 aromatic rings. The van der Waals surface area contributed by atoms with Crippen molar-refractivity contribution in [2.45, 2.75) is 31.0 Å². The summed E-state index contributed by atoms with van der Waals surface area (Å²) in [4.78, 5) is 24.9. The molecule has 3 atom stereocenters. The van der Waals surface area contributed by atoms with Crippen LogP contribution in [0.4, 0.5) is 0 Å². The molecule has 1 aliphatic heterocycles. The molecule has 6 heteroatoms. The topological polar surface area (TPSA) is 110 Å². The molecule has 1 saturated heterocycles. The van der Waals surface area contributed by atoms with Crippen LogP contribution in [-0.2, 0) is 16.0 Å². The third-order valence-corrected chi connectivity index (χ3v) is 3.51. The van der Waals surface area contributed by atoms with Gasteiger partial charge in [-0.05, 0) is 12.0 Å². The largest absolute Gasteiger partial charge is 0.391 e. The van der Waals surface area contributed by atoms with Crippen molar-refractivity contribution < 1.29 is 14.7 Å². The molecule has 0 aliphatic carbocycles. The van der Waals surface area contributed by atoms with Gasteiger partial charge in [-0.25, -0.2) is 0 Å². The van der Waals surface area contributed by atoms with Gasteiger partial charge in [-0.15, -0.1) is 0 Å². The Labute approximate surface area is 117 Å².